The van der Waals surface area contributed by atoms with Crippen LogP contribution in [0.15, 0.2) is 73.9 Å². The smallest absolute Gasteiger partial charge is 0.255 e. The van der Waals surface area contributed by atoms with Gasteiger partial charge in [0.1, 0.15) is 0 Å². The van der Waals surface area contributed by atoms with Crippen molar-refractivity contribution >= 4 is 76.8 Å². The van der Waals surface area contributed by atoms with Gasteiger partial charge in [-0.15, -0.1) is 11.3 Å². The van der Waals surface area contributed by atoms with Crippen molar-refractivity contribution in [1.29, 1.82) is 0 Å². The van der Waals surface area contributed by atoms with Crippen molar-refractivity contribution < 1.29 is 4.79 Å². The molecule has 7 heteroatoms. The van der Waals surface area contributed by atoms with Crippen LogP contribution in [0, 0.1) is 6.92 Å². The zero-order valence-electron chi connectivity index (χ0n) is 15.4. The highest BCUT2D eigenvalue weighted by molar-refractivity contribution is 9.11. The van der Waals surface area contributed by atoms with Crippen LogP contribution in [0.1, 0.15) is 21.5 Å². The minimum absolute atomic E-state index is 0.0957. The van der Waals surface area contributed by atoms with E-state index in [9.17, 15) is 4.79 Å². The summed E-state index contributed by atoms with van der Waals surface area (Å²) < 4.78 is 4.21. The zero-order valence-corrected chi connectivity index (χ0v) is 20.2. The molecule has 29 heavy (non-hydrogen) atoms. The first-order chi connectivity index (χ1) is 14.0. The molecule has 0 saturated carbocycles. The van der Waals surface area contributed by atoms with E-state index in [-0.39, 0.29) is 5.91 Å². The Bertz CT molecular complexity index is 1210. The van der Waals surface area contributed by atoms with Gasteiger partial charge in [0.25, 0.3) is 5.91 Å². The standard InChI is InChI=1S/C22H16Br2N2OS2/c1-13-4-2-3-5-17(13)21(27)25-16-8-9-19-20(11-16)29-22(26-19)28-12-14-6-7-15(23)10-18(14)24/h2-11H,12H2,1H3,(H,25,27). The average Bonchev–Trinajstić information content (AvgIpc) is 3.09. The molecule has 146 valence electrons. The van der Waals surface area contributed by atoms with E-state index >= 15 is 0 Å². The lowest BCUT2D eigenvalue weighted by Gasteiger charge is -2.07. The largest absolute Gasteiger partial charge is 0.322 e. The molecule has 0 fully saturated rings. The van der Waals surface area contributed by atoms with Gasteiger partial charge in [-0.3, -0.25) is 4.79 Å². The summed E-state index contributed by atoms with van der Waals surface area (Å²) >= 11 is 10.4. The molecular formula is C22H16Br2N2OS2. The number of benzene rings is 3. The van der Waals surface area contributed by atoms with Gasteiger partial charge >= 0.3 is 0 Å². The summed E-state index contributed by atoms with van der Waals surface area (Å²) in [5.74, 6) is 0.742. The van der Waals surface area contributed by atoms with Crippen LogP contribution in [0.3, 0.4) is 0 Å². The maximum absolute atomic E-state index is 12.6. The van der Waals surface area contributed by atoms with Gasteiger partial charge in [-0.1, -0.05) is 67.9 Å². The second kappa shape index (κ2) is 9.00. The molecule has 1 N–H and O–H groups in total. The highest BCUT2D eigenvalue weighted by Gasteiger charge is 2.11. The van der Waals surface area contributed by atoms with Crippen LogP contribution in [-0.2, 0) is 5.75 Å². The van der Waals surface area contributed by atoms with Crippen molar-refractivity contribution in [1.82, 2.24) is 4.98 Å². The molecule has 3 nitrogen and oxygen atoms in total. The summed E-state index contributed by atoms with van der Waals surface area (Å²) in [6.07, 6.45) is 0. The Labute approximate surface area is 194 Å². The number of carbonyl (C=O) groups is 1. The Balaban J connectivity index is 1.49. The number of nitrogens with zero attached hydrogens (tertiary/aromatic N) is 1. The fourth-order valence-electron chi connectivity index (χ4n) is 2.85. The van der Waals surface area contributed by atoms with Gasteiger partial charge in [0.05, 0.1) is 10.2 Å². The first kappa shape index (κ1) is 20.6. The molecular weight excluding hydrogens is 532 g/mol. The SMILES string of the molecule is Cc1ccccc1C(=O)Nc1ccc2nc(SCc3ccc(Br)cc3Br)sc2c1. The summed E-state index contributed by atoms with van der Waals surface area (Å²) in [5, 5.41) is 2.99. The maximum atomic E-state index is 12.6. The number of hydrogen-bond donors (Lipinski definition) is 1. The van der Waals surface area contributed by atoms with E-state index < -0.39 is 0 Å². The molecule has 1 amide bonds. The lowest BCUT2D eigenvalue weighted by molar-refractivity contribution is 0.102. The normalized spacial score (nSPS) is 11.0. The minimum Gasteiger partial charge on any atom is -0.322 e. The summed E-state index contributed by atoms with van der Waals surface area (Å²) in [4.78, 5) is 17.3. The maximum Gasteiger partial charge on any atom is 0.255 e. The third-order valence-corrected chi connectivity index (χ3v) is 7.82. The number of fused-ring (bicyclic) bond motifs is 1. The molecule has 0 unspecified atom stereocenters. The van der Waals surface area contributed by atoms with E-state index in [1.54, 1.807) is 23.1 Å². The molecule has 0 radical (unpaired) electrons. The molecule has 0 spiro atoms. The predicted octanol–water partition coefficient (Wildman–Crippen LogP) is 7.67. The number of thiazole rings is 1. The molecule has 0 atom stereocenters. The van der Waals surface area contributed by atoms with E-state index in [1.807, 2.05) is 55.5 Å². The first-order valence-electron chi connectivity index (χ1n) is 8.84. The lowest BCUT2D eigenvalue weighted by atomic mass is 10.1. The molecule has 0 aliphatic rings. The zero-order chi connectivity index (χ0) is 20.4. The molecule has 0 aliphatic carbocycles. The second-order valence-electron chi connectivity index (χ2n) is 6.46. The van der Waals surface area contributed by atoms with E-state index in [1.165, 1.54) is 5.56 Å². The number of thioether (sulfide) groups is 1. The summed E-state index contributed by atoms with van der Waals surface area (Å²) in [6, 6.07) is 19.6. The number of aromatic nitrogens is 1. The van der Waals surface area contributed by atoms with Crippen molar-refractivity contribution in [3.8, 4) is 0 Å². The molecule has 0 bridgehead atoms. The highest BCUT2D eigenvalue weighted by atomic mass is 79.9. The minimum atomic E-state index is -0.0957. The third-order valence-electron chi connectivity index (χ3n) is 4.38. The van der Waals surface area contributed by atoms with E-state index in [0.29, 0.717) is 5.56 Å². The van der Waals surface area contributed by atoms with E-state index in [0.717, 1.165) is 40.5 Å². The van der Waals surface area contributed by atoms with Gasteiger partial charge in [0.15, 0.2) is 4.34 Å². The third kappa shape index (κ3) is 4.91. The van der Waals surface area contributed by atoms with Gasteiger partial charge in [0.2, 0.25) is 0 Å². The Morgan fingerprint density at radius 2 is 1.93 bits per heavy atom. The van der Waals surface area contributed by atoms with Crippen molar-refractivity contribution in [3.05, 3.63) is 86.3 Å². The van der Waals surface area contributed by atoms with Gasteiger partial charge in [-0.25, -0.2) is 4.98 Å². The van der Waals surface area contributed by atoms with Gasteiger partial charge < -0.3 is 5.32 Å². The number of anilines is 1. The molecule has 4 rings (SSSR count). The Morgan fingerprint density at radius 3 is 2.72 bits per heavy atom. The van der Waals surface area contributed by atoms with Crippen LogP contribution in [0.25, 0.3) is 10.2 Å². The van der Waals surface area contributed by atoms with Crippen LogP contribution < -0.4 is 5.32 Å². The Morgan fingerprint density at radius 1 is 1.10 bits per heavy atom. The molecule has 0 saturated heterocycles. The predicted molar refractivity (Wildman–Crippen MR) is 130 cm³/mol. The molecule has 0 aliphatic heterocycles. The van der Waals surface area contributed by atoms with Crippen molar-refractivity contribution in [3.63, 3.8) is 0 Å². The first-order valence-corrected chi connectivity index (χ1v) is 12.2. The summed E-state index contributed by atoms with van der Waals surface area (Å²) in [6.45, 7) is 1.94. The van der Waals surface area contributed by atoms with E-state index in [4.69, 9.17) is 4.98 Å². The summed E-state index contributed by atoms with van der Waals surface area (Å²) in [5.41, 5.74) is 4.60. The van der Waals surface area contributed by atoms with Crippen molar-refractivity contribution in [2.45, 2.75) is 17.0 Å². The fraction of sp³-hybridized carbons (Fsp3) is 0.0909. The fourth-order valence-corrected chi connectivity index (χ4v) is 6.33. The Hall–Kier alpha value is -1.67. The Kier molecular flexibility index (Phi) is 6.39. The van der Waals surface area contributed by atoms with Crippen LogP contribution in [0.4, 0.5) is 5.69 Å². The van der Waals surface area contributed by atoms with Gasteiger partial charge in [0, 0.05) is 25.9 Å². The van der Waals surface area contributed by atoms with Crippen LogP contribution in [0.2, 0.25) is 0 Å². The summed E-state index contributed by atoms with van der Waals surface area (Å²) in [7, 11) is 0. The van der Waals surface area contributed by atoms with Crippen LogP contribution in [0.5, 0.6) is 0 Å². The number of hydrogen-bond acceptors (Lipinski definition) is 4. The average molecular weight is 548 g/mol. The van der Waals surface area contributed by atoms with Crippen LogP contribution in [-0.4, -0.2) is 10.9 Å². The highest BCUT2D eigenvalue weighted by Crippen LogP contribution is 2.34. The van der Waals surface area contributed by atoms with Crippen molar-refractivity contribution in [2.75, 3.05) is 5.32 Å². The number of nitrogens with one attached hydrogen (secondary N) is 1. The second-order valence-corrected chi connectivity index (χ2v) is 10.5. The number of carbonyl (C=O) groups excluding carboxylic acids is 1. The van der Waals surface area contributed by atoms with Crippen molar-refractivity contribution in [2.24, 2.45) is 0 Å². The van der Waals surface area contributed by atoms with E-state index in [2.05, 4.69) is 49.3 Å². The number of halogens is 2. The molecule has 3 aromatic carbocycles. The quantitative estimate of drug-likeness (QED) is 0.260. The number of rotatable bonds is 5. The monoisotopic (exact) mass is 546 g/mol. The van der Waals surface area contributed by atoms with Gasteiger partial charge in [-0.2, -0.15) is 0 Å². The topological polar surface area (TPSA) is 42.0 Å². The molecule has 1 aromatic heterocycles. The number of amides is 1. The van der Waals surface area contributed by atoms with Crippen LogP contribution >= 0.6 is 55.0 Å². The lowest BCUT2D eigenvalue weighted by Crippen LogP contribution is -2.13. The molecule has 1 heterocycles. The molecule has 4 aromatic rings. The van der Waals surface area contributed by atoms with Gasteiger partial charge in [-0.05, 0) is 54.4 Å². The number of aryl methyl sites for hydroxylation is 1.